The Morgan fingerprint density at radius 1 is 1.27 bits per heavy atom. The zero-order chi connectivity index (χ0) is 18.6. The summed E-state index contributed by atoms with van der Waals surface area (Å²) in [6.45, 7) is 2.33. The van der Waals surface area contributed by atoms with Crippen LogP contribution in [0.15, 0.2) is 12.4 Å². The van der Waals surface area contributed by atoms with Crippen molar-refractivity contribution >= 4 is 11.8 Å². The smallest absolute Gasteiger partial charge is 0.376 e. The third kappa shape index (κ3) is 4.96. The van der Waals surface area contributed by atoms with Gasteiger partial charge in [-0.25, -0.2) is 14.8 Å². The lowest BCUT2D eigenvalue weighted by Crippen LogP contribution is -2.48. The fourth-order valence-corrected chi connectivity index (χ4v) is 3.15. The molecule has 1 aromatic heterocycles. The Bertz CT molecular complexity index is 614. The third-order valence-electron chi connectivity index (χ3n) is 4.60. The Hall–Kier alpha value is -2.10. The maximum absolute atomic E-state index is 12.7. The van der Waals surface area contributed by atoms with E-state index >= 15 is 0 Å². The van der Waals surface area contributed by atoms with Gasteiger partial charge in [-0.1, -0.05) is 0 Å². The summed E-state index contributed by atoms with van der Waals surface area (Å²) in [7, 11) is 0. The number of hydrogen-bond acceptors (Lipinski definition) is 5. The average Bonchev–Trinajstić information content (AvgIpc) is 3.13. The minimum Gasteiger partial charge on any atom is -0.376 e. The van der Waals surface area contributed by atoms with Crippen molar-refractivity contribution in [2.45, 2.75) is 44.0 Å². The molecule has 0 aromatic carbocycles. The second-order valence-electron chi connectivity index (χ2n) is 6.51. The largest absolute Gasteiger partial charge is 0.433 e. The molecule has 0 saturated carbocycles. The molecule has 0 spiro atoms. The van der Waals surface area contributed by atoms with Crippen LogP contribution in [0.1, 0.15) is 31.4 Å². The number of carbonyl (C=O) groups excluding carboxylic acids is 1. The van der Waals surface area contributed by atoms with Crippen LogP contribution in [0.3, 0.4) is 0 Å². The number of rotatable bonds is 4. The molecular weight excluding hydrogens is 351 g/mol. The van der Waals surface area contributed by atoms with E-state index in [1.54, 1.807) is 4.90 Å². The quantitative estimate of drug-likeness (QED) is 0.846. The van der Waals surface area contributed by atoms with Crippen LogP contribution >= 0.6 is 0 Å². The second-order valence-corrected chi connectivity index (χ2v) is 6.51. The first kappa shape index (κ1) is 18.7. The molecule has 2 saturated heterocycles. The molecule has 0 aliphatic carbocycles. The van der Waals surface area contributed by atoms with E-state index in [-0.39, 0.29) is 24.0 Å². The zero-order valence-electron chi connectivity index (χ0n) is 14.3. The number of likely N-dealkylation sites (tertiary alicyclic amines) is 1. The number of carbonyl (C=O) groups is 1. The number of hydrogen-bond donors (Lipinski definition) is 2. The van der Waals surface area contributed by atoms with Crippen molar-refractivity contribution in [1.82, 2.24) is 20.2 Å². The number of urea groups is 1. The summed E-state index contributed by atoms with van der Waals surface area (Å²) in [4.78, 5) is 21.0. The Morgan fingerprint density at radius 3 is 2.69 bits per heavy atom. The maximum atomic E-state index is 12.7. The van der Waals surface area contributed by atoms with E-state index in [2.05, 4.69) is 20.6 Å². The number of piperidine rings is 1. The van der Waals surface area contributed by atoms with Crippen molar-refractivity contribution in [2.24, 2.45) is 0 Å². The van der Waals surface area contributed by atoms with Gasteiger partial charge < -0.3 is 20.3 Å². The van der Waals surface area contributed by atoms with Gasteiger partial charge in [0.1, 0.15) is 17.8 Å². The zero-order valence-corrected chi connectivity index (χ0v) is 14.3. The molecule has 0 radical (unpaired) electrons. The van der Waals surface area contributed by atoms with Crippen molar-refractivity contribution in [3.05, 3.63) is 18.1 Å². The van der Waals surface area contributed by atoms with Gasteiger partial charge in [0.2, 0.25) is 0 Å². The standard InChI is InChI=1S/C16H22F3N5O2/c17-16(18,19)13-8-14(22-10-21-13)23-11-3-5-24(6-4-11)15(25)20-9-12-2-1-7-26-12/h8,10-12H,1-7,9H2,(H,20,25)(H,21,22,23). The summed E-state index contributed by atoms with van der Waals surface area (Å²) in [5.41, 5.74) is -0.971. The molecule has 7 nitrogen and oxygen atoms in total. The molecule has 2 aliphatic rings. The lowest BCUT2D eigenvalue weighted by molar-refractivity contribution is -0.141. The minimum absolute atomic E-state index is 0.0341. The molecule has 3 heterocycles. The van der Waals surface area contributed by atoms with Gasteiger partial charge >= 0.3 is 12.2 Å². The van der Waals surface area contributed by atoms with Gasteiger partial charge in [0.05, 0.1) is 6.10 Å². The molecule has 2 N–H and O–H groups in total. The SMILES string of the molecule is O=C(NCC1CCCO1)N1CCC(Nc2cc(C(F)(F)F)ncn2)CC1. The number of halogens is 3. The van der Waals surface area contributed by atoms with Gasteiger partial charge in [0.15, 0.2) is 0 Å². The van der Waals surface area contributed by atoms with E-state index in [1.165, 1.54) is 0 Å². The fourth-order valence-electron chi connectivity index (χ4n) is 3.15. The van der Waals surface area contributed by atoms with Gasteiger partial charge in [-0.2, -0.15) is 13.2 Å². The van der Waals surface area contributed by atoms with Crippen LogP contribution in [0, 0.1) is 0 Å². The van der Waals surface area contributed by atoms with Crippen LogP contribution in [-0.2, 0) is 10.9 Å². The predicted octanol–water partition coefficient (Wildman–Crippen LogP) is 2.26. The highest BCUT2D eigenvalue weighted by Gasteiger charge is 2.33. The van der Waals surface area contributed by atoms with E-state index in [0.29, 0.717) is 32.5 Å². The van der Waals surface area contributed by atoms with Crippen molar-refractivity contribution in [1.29, 1.82) is 0 Å². The molecule has 2 fully saturated rings. The molecule has 1 atom stereocenters. The Morgan fingerprint density at radius 2 is 2.04 bits per heavy atom. The Labute approximate surface area is 149 Å². The van der Waals surface area contributed by atoms with Gasteiger partial charge in [0.25, 0.3) is 0 Å². The molecule has 2 amide bonds. The van der Waals surface area contributed by atoms with E-state index in [4.69, 9.17) is 4.74 Å². The number of aromatic nitrogens is 2. The molecule has 1 aromatic rings. The summed E-state index contributed by atoms with van der Waals surface area (Å²) in [5.74, 6) is 0.147. The summed E-state index contributed by atoms with van der Waals surface area (Å²) >= 11 is 0. The molecule has 26 heavy (non-hydrogen) atoms. The summed E-state index contributed by atoms with van der Waals surface area (Å²) in [5, 5.41) is 5.88. The maximum Gasteiger partial charge on any atom is 0.433 e. The lowest BCUT2D eigenvalue weighted by Gasteiger charge is -2.32. The van der Waals surface area contributed by atoms with Crippen LogP contribution in [0.2, 0.25) is 0 Å². The van der Waals surface area contributed by atoms with E-state index in [9.17, 15) is 18.0 Å². The molecule has 1 unspecified atom stereocenters. The van der Waals surface area contributed by atoms with E-state index in [1.807, 2.05) is 0 Å². The number of anilines is 1. The fraction of sp³-hybridized carbons (Fsp3) is 0.688. The first-order chi connectivity index (χ1) is 12.4. The van der Waals surface area contributed by atoms with E-state index in [0.717, 1.165) is 31.8 Å². The highest BCUT2D eigenvalue weighted by atomic mass is 19.4. The van der Waals surface area contributed by atoms with Crippen molar-refractivity contribution in [2.75, 3.05) is 31.6 Å². The lowest BCUT2D eigenvalue weighted by atomic mass is 10.1. The molecule has 0 bridgehead atoms. The van der Waals surface area contributed by atoms with Crippen molar-refractivity contribution in [3.63, 3.8) is 0 Å². The normalized spacial score (nSPS) is 21.7. The highest BCUT2D eigenvalue weighted by Crippen LogP contribution is 2.28. The van der Waals surface area contributed by atoms with Crippen LogP contribution < -0.4 is 10.6 Å². The molecular formula is C16H22F3N5O2. The van der Waals surface area contributed by atoms with Gasteiger partial charge in [-0.05, 0) is 25.7 Å². The number of nitrogens with one attached hydrogen (secondary N) is 2. The summed E-state index contributed by atoms with van der Waals surface area (Å²) in [6.07, 6.45) is -0.235. The molecule has 3 rings (SSSR count). The van der Waals surface area contributed by atoms with Crippen LogP contribution in [0.25, 0.3) is 0 Å². The van der Waals surface area contributed by atoms with E-state index < -0.39 is 11.9 Å². The summed E-state index contributed by atoms with van der Waals surface area (Å²) in [6, 6.07) is 0.745. The third-order valence-corrected chi connectivity index (χ3v) is 4.60. The van der Waals surface area contributed by atoms with Crippen LogP contribution in [0.4, 0.5) is 23.8 Å². The number of amides is 2. The first-order valence-electron chi connectivity index (χ1n) is 8.72. The Kier molecular flexibility index (Phi) is 5.80. The van der Waals surface area contributed by atoms with Crippen molar-refractivity contribution in [3.8, 4) is 0 Å². The Balaban J connectivity index is 1.44. The molecule has 2 aliphatic heterocycles. The molecule has 10 heteroatoms. The van der Waals surface area contributed by atoms with Gasteiger partial charge in [0, 0.05) is 38.3 Å². The average molecular weight is 373 g/mol. The second kappa shape index (κ2) is 8.07. The summed E-state index contributed by atoms with van der Waals surface area (Å²) < 4.78 is 43.6. The topological polar surface area (TPSA) is 79.4 Å². The van der Waals surface area contributed by atoms with Gasteiger partial charge in [-0.15, -0.1) is 0 Å². The number of alkyl halides is 3. The van der Waals surface area contributed by atoms with Gasteiger partial charge in [-0.3, -0.25) is 0 Å². The monoisotopic (exact) mass is 373 g/mol. The van der Waals surface area contributed by atoms with Crippen molar-refractivity contribution < 1.29 is 22.7 Å². The predicted molar refractivity (Wildman–Crippen MR) is 87.6 cm³/mol. The first-order valence-corrected chi connectivity index (χ1v) is 8.72. The van der Waals surface area contributed by atoms with Crippen LogP contribution in [0.5, 0.6) is 0 Å². The minimum atomic E-state index is -4.50. The van der Waals surface area contributed by atoms with Crippen LogP contribution in [-0.4, -0.2) is 59.3 Å². The number of nitrogens with zero attached hydrogens (tertiary/aromatic N) is 3. The molecule has 144 valence electrons. The number of ether oxygens (including phenoxy) is 1. The highest BCUT2D eigenvalue weighted by molar-refractivity contribution is 5.74.